The summed E-state index contributed by atoms with van der Waals surface area (Å²) in [6, 6.07) is 9.85. The van der Waals surface area contributed by atoms with Gasteiger partial charge in [-0.25, -0.2) is 17.7 Å². The summed E-state index contributed by atoms with van der Waals surface area (Å²) in [4.78, 5) is 4.10. The molecular weight excluding hydrogens is 278 g/mol. The van der Waals surface area contributed by atoms with E-state index >= 15 is 0 Å². The molecule has 0 amide bonds. The summed E-state index contributed by atoms with van der Waals surface area (Å²) in [5.41, 5.74) is 6.22. The maximum Gasteiger partial charge on any atom is 0.244 e. The Bertz CT molecular complexity index is 697. The molecule has 0 atom stereocenters. The summed E-state index contributed by atoms with van der Waals surface area (Å²) < 4.78 is 30.4. The van der Waals surface area contributed by atoms with E-state index in [1.54, 1.807) is 24.3 Å². The number of ether oxygens (including phenoxy) is 1. The van der Waals surface area contributed by atoms with Crippen molar-refractivity contribution in [3.63, 3.8) is 0 Å². The fourth-order valence-corrected chi connectivity index (χ4v) is 2.34. The Labute approximate surface area is 117 Å². The lowest BCUT2D eigenvalue weighted by Crippen LogP contribution is -2.22. The quantitative estimate of drug-likeness (QED) is 0.867. The van der Waals surface area contributed by atoms with Crippen LogP contribution < -0.4 is 10.5 Å². The van der Waals surface area contributed by atoms with Gasteiger partial charge in [-0.2, -0.15) is 0 Å². The van der Waals surface area contributed by atoms with Crippen LogP contribution in [0.3, 0.4) is 0 Å². The van der Waals surface area contributed by atoms with Gasteiger partial charge >= 0.3 is 0 Å². The number of aromatic nitrogens is 1. The fraction of sp³-hybridized carbons (Fsp3) is 0.154. The lowest BCUT2D eigenvalue weighted by atomic mass is 10.3. The molecule has 6 nitrogen and oxygen atoms in total. The van der Waals surface area contributed by atoms with Crippen LogP contribution in [0.15, 0.2) is 47.5 Å². The second kappa shape index (κ2) is 5.48. The first-order valence-electron chi connectivity index (χ1n) is 5.81. The average Bonchev–Trinajstić information content (AvgIpc) is 2.39. The van der Waals surface area contributed by atoms with Crippen molar-refractivity contribution in [1.29, 1.82) is 0 Å². The Morgan fingerprint density at radius 3 is 2.50 bits per heavy atom. The van der Waals surface area contributed by atoms with Gasteiger partial charge in [0.1, 0.15) is 10.6 Å². The van der Waals surface area contributed by atoms with Crippen molar-refractivity contribution >= 4 is 15.7 Å². The summed E-state index contributed by atoms with van der Waals surface area (Å²) in [5.74, 6) is 0.842. The van der Waals surface area contributed by atoms with Gasteiger partial charge in [0, 0.05) is 31.9 Å². The van der Waals surface area contributed by atoms with E-state index < -0.39 is 10.0 Å². The maximum atomic E-state index is 11.9. The lowest BCUT2D eigenvalue weighted by molar-refractivity contribution is 0.461. The highest BCUT2D eigenvalue weighted by molar-refractivity contribution is 7.89. The first kappa shape index (κ1) is 14.3. The molecule has 0 spiro atoms. The van der Waals surface area contributed by atoms with E-state index in [2.05, 4.69) is 4.98 Å². The molecule has 1 aromatic heterocycles. The van der Waals surface area contributed by atoms with E-state index in [1.807, 2.05) is 0 Å². The predicted molar refractivity (Wildman–Crippen MR) is 76.0 cm³/mol. The van der Waals surface area contributed by atoms with Crippen LogP contribution in [-0.4, -0.2) is 31.8 Å². The highest BCUT2D eigenvalue weighted by atomic mass is 32.2. The summed E-state index contributed by atoms with van der Waals surface area (Å²) in [6.07, 6.45) is 1.26. The molecule has 0 radical (unpaired) electrons. The molecule has 0 aliphatic rings. The van der Waals surface area contributed by atoms with Crippen molar-refractivity contribution in [2.45, 2.75) is 4.90 Å². The number of anilines is 1. The molecule has 1 aromatic carbocycles. The minimum atomic E-state index is -3.48. The van der Waals surface area contributed by atoms with Gasteiger partial charge in [-0.1, -0.05) is 6.07 Å². The lowest BCUT2D eigenvalue weighted by Gasteiger charge is -2.11. The van der Waals surface area contributed by atoms with Gasteiger partial charge in [0.2, 0.25) is 15.9 Å². The average molecular weight is 293 g/mol. The predicted octanol–water partition coefficient (Wildman–Crippen LogP) is 1.71. The van der Waals surface area contributed by atoms with E-state index in [4.69, 9.17) is 10.5 Å². The zero-order valence-electron chi connectivity index (χ0n) is 11.1. The second-order valence-corrected chi connectivity index (χ2v) is 6.45. The van der Waals surface area contributed by atoms with Gasteiger partial charge in [0.05, 0.1) is 6.20 Å². The Hall–Kier alpha value is -2.12. The van der Waals surface area contributed by atoms with Gasteiger partial charge in [-0.05, 0) is 18.2 Å². The first-order chi connectivity index (χ1) is 9.39. The molecule has 106 valence electrons. The maximum absolute atomic E-state index is 11.9. The second-order valence-electron chi connectivity index (χ2n) is 4.29. The molecule has 0 bridgehead atoms. The third kappa shape index (κ3) is 3.06. The minimum absolute atomic E-state index is 0.113. The molecule has 1 heterocycles. The van der Waals surface area contributed by atoms with Crippen molar-refractivity contribution in [3.05, 3.63) is 42.6 Å². The summed E-state index contributed by atoms with van der Waals surface area (Å²) >= 11 is 0. The first-order valence-corrected chi connectivity index (χ1v) is 7.25. The molecule has 0 unspecified atom stereocenters. The molecule has 2 aromatic rings. The third-order valence-corrected chi connectivity index (χ3v) is 4.37. The molecule has 20 heavy (non-hydrogen) atoms. The molecule has 0 saturated heterocycles. The van der Waals surface area contributed by atoms with E-state index in [0.717, 1.165) is 4.31 Å². The van der Waals surface area contributed by atoms with Crippen molar-refractivity contribution < 1.29 is 13.2 Å². The monoisotopic (exact) mass is 293 g/mol. The van der Waals surface area contributed by atoms with E-state index in [0.29, 0.717) is 17.3 Å². The molecule has 2 rings (SSSR count). The number of hydrogen-bond acceptors (Lipinski definition) is 5. The number of sulfonamides is 1. The molecule has 0 aliphatic carbocycles. The van der Waals surface area contributed by atoms with Gasteiger partial charge in [0.25, 0.3) is 0 Å². The van der Waals surface area contributed by atoms with Crippen LogP contribution in [-0.2, 0) is 10.0 Å². The van der Waals surface area contributed by atoms with Crippen LogP contribution >= 0.6 is 0 Å². The van der Waals surface area contributed by atoms with Crippen molar-refractivity contribution in [2.24, 2.45) is 0 Å². The summed E-state index contributed by atoms with van der Waals surface area (Å²) in [5, 5.41) is 0. The van der Waals surface area contributed by atoms with Crippen LogP contribution in [0.25, 0.3) is 0 Å². The fourth-order valence-electron chi connectivity index (χ4n) is 1.49. The van der Waals surface area contributed by atoms with Crippen LogP contribution in [0.4, 0.5) is 5.69 Å². The van der Waals surface area contributed by atoms with E-state index in [-0.39, 0.29) is 4.90 Å². The topological polar surface area (TPSA) is 85.5 Å². The van der Waals surface area contributed by atoms with E-state index in [9.17, 15) is 8.42 Å². The smallest absolute Gasteiger partial charge is 0.244 e. The number of benzene rings is 1. The van der Waals surface area contributed by atoms with Crippen molar-refractivity contribution in [2.75, 3.05) is 19.8 Å². The Morgan fingerprint density at radius 1 is 1.20 bits per heavy atom. The van der Waals surface area contributed by atoms with E-state index in [1.165, 1.54) is 32.4 Å². The van der Waals surface area contributed by atoms with Crippen LogP contribution in [0.2, 0.25) is 0 Å². The minimum Gasteiger partial charge on any atom is -0.439 e. The van der Waals surface area contributed by atoms with Gasteiger partial charge in [0.15, 0.2) is 0 Å². The van der Waals surface area contributed by atoms with Crippen LogP contribution in [0, 0.1) is 0 Å². The van der Waals surface area contributed by atoms with Crippen molar-refractivity contribution in [1.82, 2.24) is 9.29 Å². The van der Waals surface area contributed by atoms with Crippen molar-refractivity contribution in [3.8, 4) is 11.6 Å². The molecular formula is C13H15N3O3S. The van der Waals surface area contributed by atoms with Gasteiger partial charge in [-0.15, -0.1) is 0 Å². The summed E-state index contributed by atoms with van der Waals surface area (Å²) in [7, 11) is -0.548. The zero-order chi connectivity index (χ0) is 14.8. The van der Waals surface area contributed by atoms with Gasteiger partial charge < -0.3 is 10.5 Å². The highest BCUT2D eigenvalue weighted by Gasteiger charge is 2.17. The molecule has 0 fully saturated rings. The highest BCUT2D eigenvalue weighted by Crippen LogP contribution is 2.22. The zero-order valence-corrected chi connectivity index (χ0v) is 12.0. The number of nitrogen functional groups attached to an aromatic ring is 1. The SMILES string of the molecule is CN(C)S(=O)(=O)c1ccc(Oc2cccc(N)c2)nc1. The van der Waals surface area contributed by atoms with Crippen LogP contribution in [0.5, 0.6) is 11.6 Å². The number of hydrogen-bond donors (Lipinski definition) is 1. The third-order valence-electron chi connectivity index (χ3n) is 2.57. The Balaban J connectivity index is 2.21. The molecule has 2 N–H and O–H groups in total. The largest absolute Gasteiger partial charge is 0.439 e. The van der Waals surface area contributed by atoms with Crippen LogP contribution in [0.1, 0.15) is 0 Å². The normalized spacial score (nSPS) is 11.6. The molecule has 7 heteroatoms. The molecule has 0 aliphatic heterocycles. The number of rotatable bonds is 4. The number of nitrogens with zero attached hydrogens (tertiary/aromatic N) is 2. The van der Waals surface area contributed by atoms with Gasteiger partial charge in [-0.3, -0.25) is 0 Å². The number of pyridine rings is 1. The number of nitrogens with two attached hydrogens (primary N) is 1. The standard InChI is InChI=1S/C13H15N3O3S/c1-16(2)20(17,18)12-6-7-13(15-9-12)19-11-5-3-4-10(14)8-11/h3-9H,14H2,1-2H3. The summed E-state index contributed by atoms with van der Waals surface area (Å²) in [6.45, 7) is 0. The Morgan fingerprint density at radius 2 is 1.95 bits per heavy atom. The molecule has 0 saturated carbocycles. The Kier molecular flexibility index (Phi) is 3.91.